The van der Waals surface area contributed by atoms with Crippen LogP contribution in [0, 0.1) is 11.3 Å². The van der Waals surface area contributed by atoms with Crippen LogP contribution in [0.1, 0.15) is 12.5 Å². The number of nitriles is 1. The number of ether oxygens (including phenoxy) is 1. The Balaban J connectivity index is 2.25. The van der Waals surface area contributed by atoms with Gasteiger partial charge in [0.1, 0.15) is 0 Å². The Hall–Kier alpha value is -2.06. The highest BCUT2D eigenvalue weighted by Gasteiger charge is 2.08. The first-order valence-corrected chi connectivity index (χ1v) is 6.81. The van der Waals surface area contributed by atoms with E-state index in [1.54, 1.807) is 13.0 Å². The monoisotopic (exact) mass is 272 g/mol. The highest BCUT2D eigenvalue weighted by Crippen LogP contribution is 2.23. The Kier molecular flexibility index (Phi) is 4.37. The summed E-state index contributed by atoms with van der Waals surface area (Å²) in [5.74, 6) is -0.0784. The van der Waals surface area contributed by atoms with E-state index >= 15 is 0 Å². The van der Waals surface area contributed by atoms with E-state index < -0.39 is 0 Å². The normalized spacial score (nSPS) is 10.1. The molecule has 0 aliphatic carbocycles. The maximum Gasteiger partial charge on any atom is 0.316 e. The third-order valence-electron chi connectivity index (χ3n) is 2.46. The van der Waals surface area contributed by atoms with Crippen molar-refractivity contribution in [2.45, 2.75) is 11.9 Å². The summed E-state index contributed by atoms with van der Waals surface area (Å²) in [5, 5.41) is 10.6. The molecule has 2 aromatic rings. The topological polar surface area (TPSA) is 63.0 Å². The number of benzene rings is 1. The average molecular weight is 272 g/mol. The third-order valence-corrected chi connectivity index (χ3v) is 3.34. The van der Waals surface area contributed by atoms with Gasteiger partial charge in [-0.3, -0.25) is 4.79 Å². The molecule has 0 fully saturated rings. The Morgan fingerprint density at radius 1 is 1.47 bits per heavy atom. The summed E-state index contributed by atoms with van der Waals surface area (Å²) in [5.41, 5.74) is 1.32. The third kappa shape index (κ3) is 3.24. The van der Waals surface area contributed by atoms with Crippen molar-refractivity contribution >= 4 is 28.6 Å². The largest absolute Gasteiger partial charge is 0.465 e. The Morgan fingerprint density at radius 2 is 2.26 bits per heavy atom. The van der Waals surface area contributed by atoms with E-state index in [4.69, 9.17) is 10.00 Å². The SMILES string of the molecule is CCOC(=O)CSc1cc(C#N)c2ccccc2n1. The van der Waals surface area contributed by atoms with Gasteiger partial charge in [-0.15, -0.1) is 0 Å². The highest BCUT2D eigenvalue weighted by atomic mass is 32.2. The van der Waals surface area contributed by atoms with Crippen molar-refractivity contribution in [3.8, 4) is 6.07 Å². The zero-order valence-electron chi connectivity index (χ0n) is 10.4. The van der Waals surface area contributed by atoms with Gasteiger partial charge in [-0.1, -0.05) is 30.0 Å². The second-order valence-corrected chi connectivity index (χ2v) is 4.73. The molecule has 0 spiro atoms. The molecule has 0 saturated heterocycles. The Bertz CT molecular complexity index is 649. The summed E-state index contributed by atoms with van der Waals surface area (Å²) in [4.78, 5) is 15.7. The van der Waals surface area contributed by atoms with Crippen LogP contribution in [0.3, 0.4) is 0 Å². The van der Waals surface area contributed by atoms with Crippen LogP contribution in [0.5, 0.6) is 0 Å². The smallest absolute Gasteiger partial charge is 0.316 e. The zero-order valence-corrected chi connectivity index (χ0v) is 11.2. The molecule has 4 nitrogen and oxygen atoms in total. The first-order chi connectivity index (χ1) is 9.24. The minimum Gasteiger partial charge on any atom is -0.465 e. The second kappa shape index (κ2) is 6.21. The van der Waals surface area contributed by atoms with E-state index in [0.717, 1.165) is 10.9 Å². The number of pyridine rings is 1. The highest BCUT2D eigenvalue weighted by molar-refractivity contribution is 7.99. The van der Waals surface area contributed by atoms with Gasteiger partial charge in [0.2, 0.25) is 0 Å². The molecule has 0 N–H and O–H groups in total. The lowest BCUT2D eigenvalue weighted by Gasteiger charge is -2.04. The minimum atomic E-state index is -0.277. The van der Waals surface area contributed by atoms with E-state index in [-0.39, 0.29) is 11.7 Å². The van der Waals surface area contributed by atoms with E-state index in [0.29, 0.717) is 17.2 Å². The summed E-state index contributed by atoms with van der Waals surface area (Å²) in [6.45, 7) is 2.14. The number of para-hydroxylation sites is 1. The zero-order chi connectivity index (χ0) is 13.7. The van der Waals surface area contributed by atoms with Gasteiger partial charge in [-0.05, 0) is 19.1 Å². The molecule has 2 rings (SSSR count). The molecule has 1 aromatic carbocycles. The molecular weight excluding hydrogens is 260 g/mol. The molecule has 1 heterocycles. The van der Waals surface area contributed by atoms with Crippen molar-refractivity contribution in [1.29, 1.82) is 5.26 Å². The Morgan fingerprint density at radius 3 is 3.00 bits per heavy atom. The van der Waals surface area contributed by atoms with Crippen LogP contribution in [-0.2, 0) is 9.53 Å². The van der Waals surface area contributed by atoms with Crippen molar-refractivity contribution < 1.29 is 9.53 Å². The molecule has 19 heavy (non-hydrogen) atoms. The maximum absolute atomic E-state index is 11.3. The van der Waals surface area contributed by atoms with Gasteiger partial charge in [-0.2, -0.15) is 5.26 Å². The Labute approximate surface area is 115 Å². The van der Waals surface area contributed by atoms with E-state index in [1.165, 1.54) is 11.8 Å². The van der Waals surface area contributed by atoms with Gasteiger partial charge >= 0.3 is 5.97 Å². The molecule has 0 radical (unpaired) electrons. The molecule has 0 aliphatic rings. The fourth-order valence-electron chi connectivity index (χ4n) is 1.65. The first kappa shape index (κ1) is 13.4. The van der Waals surface area contributed by atoms with E-state index in [1.807, 2.05) is 24.3 Å². The average Bonchev–Trinajstić information content (AvgIpc) is 2.44. The predicted molar refractivity (Wildman–Crippen MR) is 73.8 cm³/mol. The lowest BCUT2D eigenvalue weighted by Crippen LogP contribution is -2.06. The summed E-state index contributed by atoms with van der Waals surface area (Å²) in [7, 11) is 0. The number of hydrogen-bond donors (Lipinski definition) is 0. The first-order valence-electron chi connectivity index (χ1n) is 5.83. The maximum atomic E-state index is 11.3. The molecule has 0 unspecified atom stereocenters. The van der Waals surface area contributed by atoms with Crippen molar-refractivity contribution in [3.63, 3.8) is 0 Å². The van der Waals surface area contributed by atoms with Crippen LogP contribution >= 0.6 is 11.8 Å². The van der Waals surface area contributed by atoms with Crippen LogP contribution in [0.15, 0.2) is 35.4 Å². The minimum absolute atomic E-state index is 0.198. The van der Waals surface area contributed by atoms with Crippen molar-refractivity contribution in [3.05, 3.63) is 35.9 Å². The molecule has 0 saturated carbocycles. The molecule has 5 heteroatoms. The molecule has 0 aliphatic heterocycles. The van der Waals surface area contributed by atoms with Crippen LogP contribution < -0.4 is 0 Å². The van der Waals surface area contributed by atoms with Gasteiger partial charge in [0.25, 0.3) is 0 Å². The molecular formula is C14H12N2O2S. The number of fused-ring (bicyclic) bond motifs is 1. The molecule has 0 atom stereocenters. The number of hydrogen-bond acceptors (Lipinski definition) is 5. The van der Waals surface area contributed by atoms with Gasteiger partial charge in [-0.25, -0.2) is 4.98 Å². The quantitative estimate of drug-likeness (QED) is 0.632. The van der Waals surface area contributed by atoms with Crippen LogP contribution in [-0.4, -0.2) is 23.3 Å². The molecule has 1 aromatic heterocycles. The van der Waals surface area contributed by atoms with Crippen molar-refractivity contribution in [2.75, 3.05) is 12.4 Å². The number of aromatic nitrogens is 1. The van der Waals surface area contributed by atoms with Crippen LogP contribution in [0.4, 0.5) is 0 Å². The predicted octanol–water partition coefficient (Wildman–Crippen LogP) is 2.76. The summed E-state index contributed by atoms with van der Waals surface area (Å²) < 4.78 is 4.86. The van der Waals surface area contributed by atoms with Gasteiger partial charge < -0.3 is 4.74 Å². The van der Waals surface area contributed by atoms with Gasteiger partial charge in [0.15, 0.2) is 0 Å². The number of carbonyl (C=O) groups excluding carboxylic acids is 1. The number of rotatable bonds is 4. The lowest BCUT2D eigenvalue weighted by molar-refractivity contribution is -0.139. The van der Waals surface area contributed by atoms with Gasteiger partial charge in [0, 0.05) is 5.39 Å². The standard InChI is InChI=1S/C14H12N2O2S/c1-2-18-14(17)9-19-13-7-10(8-15)11-5-3-4-6-12(11)16-13/h3-7H,2,9H2,1H3. The lowest BCUT2D eigenvalue weighted by atomic mass is 10.1. The van der Waals surface area contributed by atoms with Crippen LogP contribution in [0.25, 0.3) is 10.9 Å². The number of nitrogens with zero attached hydrogens (tertiary/aromatic N) is 2. The van der Waals surface area contributed by atoms with E-state index in [2.05, 4.69) is 11.1 Å². The molecule has 96 valence electrons. The molecule has 0 amide bonds. The summed E-state index contributed by atoms with van der Waals surface area (Å²) >= 11 is 1.28. The van der Waals surface area contributed by atoms with Crippen molar-refractivity contribution in [1.82, 2.24) is 4.98 Å². The summed E-state index contributed by atoms with van der Waals surface area (Å²) in [6, 6.07) is 11.3. The summed E-state index contributed by atoms with van der Waals surface area (Å²) in [6.07, 6.45) is 0. The van der Waals surface area contributed by atoms with Crippen molar-refractivity contribution in [2.24, 2.45) is 0 Å². The number of thioether (sulfide) groups is 1. The number of carbonyl (C=O) groups is 1. The number of esters is 1. The fraction of sp³-hybridized carbons (Fsp3) is 0.214. The van der Waals surface area contributed by atoms with Crippen LogP contribution in [0.2, 0.25) is 0 Å². The van der Waals surface area contributed by atoms with Gasteiger partial charge in [0.05, 0.1) is 34.5 Å². The van der Waals surface area contributed by atoms with E-state index in [9.17, 15) is 4.79 Å². The molecule has 0 bridgehead atoms. The second-order valence-electron chi connectivity index (χ2n) is 3.73. The fourth-order valence-corrected chi connectivity index (χ4v) is 2.37.